The number of esters is 1. The second-order valence-corrected chi connectivity index (χ2v) is 3.98. The van der Waals surface area contributed by atoms with Crippen LogP contribution in [0.25, 0.3) is 0 Å². The van der Waals surface area contributed by atoms with Gasteiger partial charge in [-0.1, -0.05) is 0 Å². The highest BCUT2D eigenvalue weighted by Gasteiger charge is 2.17. The first-order valence-corrected chi connectivity index (χ1v) is 5.63. The third kappa shape index (κ3) is 3.62. The lowest BCUT2D eigenvalue weighted by Gasteiger charge is -2.08. The maximum Gasteiger partial charge on any atom is 0.311 e. The maximum absolute atomic E-state index is 12.6. The molecule has 4 nitrogen and oxygen atoms in total. The molecule has 0 aromatic carbocycles. The summed E-state index contributed by atoms with van der Waals surface area (Å²) in [6.45, 7) is 1.89. The summed E-state index contributed by atoms with van der Waals surface area (Å²) in [5.41, 5.74) is 5.35. The molecule has 7 heteroatoms. The average Bonchev–Trinajstić information content (AvgIpc) is 2.23. The Balaban J connectivity index is 2.98. The zero-order chi connectivity index (χ0) is 13.0. The summed E-state index contributed by atoms with van der Waals surface area (Å²) >= 11 is 2.93. The van der Waals surface area contributed by atoms with Crippen molar-refractivity contribution in [2.75, 3.05) is 12.3 Å². The molecule has 0 saturated heterocycles. The fourth-order valence-electron chi connectivity index (χ4n) is 1.24. The van der Waals surface area contributed by atoms with Gasteiger partial charge in [0.05, 0.1) is 23.2 Å². The SMILES string of the molecule is CCOC(=O)Cc1cc(C(F)F)c(Br)c(N)n1. The number of carbonyl (C=O) groups excluding carboxylic acids is 1. The van der Waals surface area contributed by atoms with Gasteiger partial charge in [-0.3, -0.25) is 4.79 Å². The number of alkyl halides is 2. The molecule has 0 aliphatic heterocycles. The quantitative estimate of drug-likeness (QED) is 0.868. The number of ether oxygens (including phenoxy) is 1. The van der Waals surface area contributed by atoms with E-state index in [4.69, 9.17) is 10.5 Å². The van der Waals surface area contributed by atoms with Crippen LogP contribution in [0.15, 0.2) is 10.5 Å². The van der Waals surface area contributed by atoms with E-state index in [1.165, 1.54) is 0 Å². The van der Waals surface area contributed by atoms with E-state index in [0.29, 0.717) is 0 Å². The number of nitrogen functional groups attached to an aromatic ring is 1. The van der Waals surface area contributed by atoms with Crippen molar-refractivity contribution in [3.63, 3.8) is 0 Å². The van der Waals surface area contributed by atoms with Crippen LogP contribution in [0.3, 0.4) is 0 Å². The predicted octanol–water partition coefficient (Wildman–Crippen LogP) is 2.47. The molecule has 17 heavy (non-hydrogen) atoms. The number of halogens is 3. The summed E-state index contributed by atoms with van der Waals surface area (Å²) in [5, 5.41) is 0. The Morgan fingerprint density at radius 3 is 2.82 bits per heavy atom. The highest BCUT2D eigenvalue weighted by Crippen LogP contribution is 2.31. The molecule has 0 aliphatic carbocycles. The lowest BCUT2D eigenvalue weighted by Crippen LogP contribution is -2.10. The molecule has 0 aliphatic rings. The van der Waals surface area contributed by atoms with E-state index in [9.17, 15) is 13.6 Å². The molecule has 0 fully saturated rings. The molecule has 1 rings (SSSR count). The van der Waals surface area contributed by atoms with Gasteiger partial charge >= 0.3 is 5.97 Å². The van der Waals surface area contributed by atoms with Crippen molar-refractivity contribution >= 4 is 27.7 Å². The van der Waals surface area contributed by atoms with Crippen molar-refractivity contribution in [3.8, 4) is 0 Å². The highest BCUT2D eigenvalue weighted by atomic mass is 79.9. The smallest absolute Gasteiger partial charge is 0.311 e. The summed E-state index contributed by atoms with van der Waals surface area (Å²) in [5.74, 6) is -0.593. The van der Waals surface area contributed by atoms with Crippen LogP contribution in [-0.2, 0) is 16.0 Å². The average molecular weight is 309 g/mol. The number of nitrogens with two attached hydrogens (primary N) is 1. The van der Waals surface area contributed by atoms with E-state index in [1.807, 2.05) is 0 Å². The maximum atomic E-state index is 12.6. The van der Waals surface area contributed by atoms with Crippen molar-refractivity contribution in [3.05, 3.63) is 21.8 Å². The molecule has 1 aromatic heterocycles. The number of rotatable bonds is 4. The minimum Gasteiger partial charge on any atom is -0.466 e. The standard InChI is InChI=1S/C10H11BrF2N2O2/c1-2-17-7(16)4-5-3-6(9(12)13)8(11)10(14)15-5/h3,9H,2,4H2,1H3,(H2,14,15). The van der Waals surface area contributed by atoms with E-state index in [0.717, 1.165) is 6.07 Å². The normalized spacial score (nSPS) is 10.6. The van der Waals surface area contributed by atoms with Crippen LogP contribution >= 0.6 is 15.9 Å². The fourth-order valence-corrected chi connectivity index (χ4v) is 1.61. The van der Waals surface area contributed by atoms with E-state index in [1.54, 1.807) is 6.92 Å². The molecule has 1 aromatic rings. The molecule has 0 radical (unpaired) electrons. The molecule has 0 saturated carbocycles. The number of nitrogens with zero attached hydrogens (tertiary/aromatic N) is 1. The van der Waals surface area contributed by atoms with Crippen LogP contribution in [0, 0.1) is 0 Å². The first-order valence-electron chi connectivity index (χ1n) is 4.84. The molecule has 2 N–H and O–H groups in total. The van der Waals surface area contributed by atoms with Crippen molar-refractivity contribution in [2.24, 2.45) is 0 Å². The topological polar surface area (TPSA) is 65.2 Å². The number of hydrogen-bond donors (Lipinski definition) is 1. The molecule has 0 amide bonds. The summed E-state index contributed by atoms with van der Waals surface area (Å²) < 4.78 is 30.0. The Morgan fingerprint density at radius 1 is 1.65 bits per heavy atom. The second kappa shape index (κ2) is 5.90. The second-order valence-electron chi connectivity index (χ2n) is 3.18. The van der Waals surface area contributed by atoms with Gasteiger partial charge in [-0.2, -0.15) is 0 Å². The van der Waals surface area contributed by atoms with Gasteiger partial charge in [-0.25, -0.2) is 13.8 Å². The van der Waals surface area contributed by atoms with Gasteiger partial charge in [0.2, 0.25) is 0 Å². The van der Waals surface area contributed by atoms with E-state index in [-0.39, 0.29) is 34.6 Å². The van der Waals surface area contributed by atoms with Crippen LogP contribution in [0.4, 0.5) is 14.6 Å². The Labute approximate surface area is 105 Å². The first kappa shape index (κ1) is 13.8. The van der Waals surface area contributed by atoms with Crippen LogP contribution in [0.1, 0.15) is 24.6 Å². The third-order valence-electron chi connectivity index (χ3n) is 1.93. The molecule has 0 unspecified atom stereocenters. The van der Waals surface area contributed by atoms with E-state index >= 15 is 0 Å². The Hall–Kier alpha value is -1.24. The van der Waals surface area contributed by atoms with Crippen molar-refractivity contribution in [1.82, 2.24) is 4.98 Å². The largest absolute Gasteiger partial charge is 0.466 e. The third-order valence-corrected chi connectivity index (χ3v) is 2.79. The van der Waals surface area contributed by atoms with Crippen LogP contribution in [0.5, 0.6) is 0 Å². The summed E-state index contributed by atoms with van der Waals surface area (Å²) in [6.07, 6.45) is -2.86. The Kier molecular flexibility index (Phi) is 4.80. The lowest BCUT2D eigenvalue weighted by atomic mass is 10.2. The Morgan fingerprint density at radius 2 is 2.29 bits per heavy atom. The monoisotopic (exact) mass is 308 g/mol. The van der Waals surface area contributed by atoms with Crippen LogP contribution in [-0.4, -0.2) is 17.6 Å². The van der Waals surface area contributed by atoms with Crippen molar-refractivity contribution in [1.29, 1.82) is 0 Å². The van der Waals surface area contributed by atoms with Gasteiger partial charge in [0.25, 0.3) is 6.43 Å². The highest BCUT2D eigenvalue weighted by molar-refractivity contribution is 9.10. The molecular formula is C10H11BrF2N2O2. The minimum absolute atomic E-state index is 0.0557. The predicted molar refractivity (Wildman–Crippen MR) is 61.6 cm³/mol. The molecule has 0 bridgehead atoms. The summed E-state index contributed by atoms with van der Waals surface area (Å²) in [7, 11) is 0. The summed E-state index contributed by atoms with van der Waals surface area (Å²) in [4.78, 5) is 15.0. The molecule has 0 atom stereocenters. The van der Waals surface area contributed by atoms with Gasteiger partial charge in [-0.05, 0) is 28.9 Å². The van der Waals surface area contributed by atoms with Crippen LogP contribution < -0.4 is 5.73 Å². The lowest BCUT2D eigenvalue weighted by molar-refractivity contribution is -0.142. The van der Waals surface area contributed by atoms with Crippen LogP contribution in [0.2, 0.25) is 0 Å². The van der Waals surface area contributed by atoms with Crippen molar-refractivity contribution in [2.45, 2.75) is 19.8 Å². The minimum atomic E-state index is -2.68. The Bertz CT molecular complexity index is 427. The fraction of sp³-hybridized carbons (Fsp3) is 0.400. The molecule has 94 valence electrons. The molecular weight excluding hydrogens is 298 g/mol. The zero-order valence-electron chi connectivity index (χ0n) is 9.04. The zero-order valence-corrected chi connectivity index (χ0v) is 10.6. The summed E-state index contributed by atoms with van der Waals surface area (Å²) in [6, 6.07) is 1.14. The molecule has 0 spiro atoms. The van der Waals surface area contributed by atoms with Gasteiger partial charge in [0, 0.05) is 5.56 Å². The van der Waals surface area contributed by atoms with E-state index < -0.39 is 12.4 Å². The number of hydrogen-bond acceptors (Lipinski definition) is 4. The number of carbonyl (C=O) groups is 1. The van der Waals surface area contributed by atoms with Gasteiger partial charge in [0.1, 0.15) is 5.82 Å². The van der Waals surface area contributed by atoms with Gasteiger partial charge in [0.15, 0.2) is 0 Å². The first-order chi connectivity index (χ1) is 7.95. The van der Waals surface area contributed by atoms with Crippen molar-refractivity contribution < 1.29 is 18.3 Å². The van der Waals surface area contributed by atoms with Gasteiger partial charge in [-0.15, -0.1) is 0 Å². The number of anilines is 1. The number of pyridine rings is 1. The number of aromatic nitrogens is 1. The van der Waals surface area contributed by atoms with Gasteiger partial charge < -0.3 is 10.5 Å². The van der Waals surface area contributed by atoms with E-state index in [2.05, 4.69) is 20.9 Å². The molecule has 1 heterocycles.